The van der Waals surface area contributed by atoms with E-state index in [0.717, 1.165) is 27.7 Å². The Balaban J connectivity index is 1.85. The maximum absolute atomic E-state index is 6.03. The summed E-state index contributed by atoms with van der Waals surface area (Å²) in [6.45, 7) is 2.11. The van der Waals surface area contributed by atoms with Crippen molar-refractivity contribution >= 4 is 23.1 Å². The minimum atomic E-state index is 0.543. The van der Waals surface area contributed by atoms with Crippen LogP contribution in [0.5, 0.6) is 0 Å². The summed E-state index contributed by atoms with van der Waals surface area (Å²) in [7, 11) is 0. The van der Waals surface area contributed by atoms with Crippen molar-refractivity contribution in [2.45, 2.75) is 38.6 Å². The van der Waals surface area contributed by atoms with E-state index < -0.39 is 0 Å². The molecule has 0 unspecified atom stereocenters. The van der Waals surface area contributed by atoms with Crippen LogP contribution in [0.4, 0.5) is 5.82 Å². The van der Waals surface area contributed by atoms with Crippen LogP contribution < -0.4 is 5.32 Å². The Morgan fingerprint density at radius 1 is 1.09 bits per heavy atom. The second kappa shape index (κ2) is 5.89. The quantitative estimate of drug-likeness (QED) is 0.706. The molecule has 1 saturated carbocycles. The number of rotatable bonds is 3. The summed E-state index contributed by atoms with van der Waals surface area (Å²) in [5.74, 6) is 1.10. The van der Waals surface area contributed by atoms with E-state index in [1.807, 2.05) is 24.3 Å². The lowest BCUT2D eigenvalue weighted by Crippen LogP contribution is -2.16. The summed E-state index contributed by atoms with van der Waals surface area (Å²) in [6, 6.07) is 12.6. The summed E-state index contributed by atoms with van der Waals surface area (Å²) in [5, 5.41) is 4.49. The first-order chi connectivity index (χ1) is 11.2. The molecule has 1 fully saturated rings. The number of halogens is 1. The molecule has 118 valence electrons. The van der Waals surface area contributed by atoms with Gasteiger partial charge in [-0.15, -0.1) is 0 Å². The number of imidazole rings is 1. The van der Waals surface area contributed by atoms with Gasteiger partial charge in [-0.2, -0.15) is 0 Å². The SMILES string of the molecule is Cc1ccc2nc(-c3ccc(Cl)cc3)c(NC3CCCC3)n2c1. The highest BCUT2D eigenvalue weighted by Crippen LogP contribution is 2.32. The van der Waals surface area contributed by atoms with Crippen molar-refractivity contribution in [3.05, 3.63) is 53.2 Å². The lowest BCUT2D eigenvalue weighted by Gasteiger charge is -2.15. The molecule has 0 bridgehead atoms. The number of nitrogens with zero attached hydrogens (tertiary/aromatic N) is 2. The van der Waals surface area contributed by atoms with Crippen LogP contribution in [0.25, 0.3) is 16.9 Å². The molecule has 4 rings (SSSR count). The first-order valence-electron chi connectivity index (χ1n) is 8.22. The monoisotopic (exact) mass is 325 g/mol. The number of benzene rings is 1. The van der Waals surface area contributed by atoms with Gasteiger partial charge >= 0.3 is 0 Å². The molecule has 3 aromatic rings. The minimum Gasteiger partial charge on any atom is -0.367 e. The van der Waals surface area contributed by atoms with Gasteiger partial charge in [-0.1, -0.05) is 42.6 Å². The number of aromatic nitrogens is 2. The predicted molar refractivity (Wildman–Crippen MR) is 96.3 cm³/mol. The van der Waals surface area contributed by atoms with Gasteiger partial charge in [0.15, 0.2) is 0 Å². The third kappa shape index (κ3) is 2.81. The Hall–Kier alpha value is -2.00. The normalized spacial score (nSPS) is 15.4. The molecular weight excluding hydrogens is 306 g/mol. The fourth-order valence-corrected chi connectivity index (χ4v) is 3.49. The van der Waals surface area contributed by atoms with Gasteiger partial charge in [0.1, 0.15) is 17.2 Å². The van der Waals surface area contributed by atoms with Gasteiger partial charge in [-0.05, 0) is 43.5 Å². The van der Waals surface area contributed by atoms with Gasteiger partial charge in [-0.3, -0.25) is 4.40 Å². The molecule has 0 atom stereocenters. The maximum Gasteiger partial charge on any atom is 0.139 e. The molecule has 1 aliphatic rings. The zero-order chi connectivity index (χ0) is 15.8. The van der Waals surface area contributed by atoms with Crippen molar-refractivity contribution in [1.82, 2.24) is 9.38 Å². The van der Waals surface area contributed by atoms with Crippen LogP contribution >= 0.6 is 11.6 Å². The molecule has 1 aromatic carbocycles. The first-order valence-corrected chi connectivity index (χ1v) is 8.60. The van der Waals surface area contributed by atoms with E-state index in [1.54, 1.807) is 0 Å². The number of hydrogen-bond donors (Lipinski definition) is 1. The number of pyridine rings is 1. The van der Waals surface area contributed by atoms with E-state index in [9.17, 15) is 0 Å². The minimum absolute atomic E-state index is 0.543. The van der Waals surface area contributed by atoms with Gasteiger partial charge in [-0.25, -0.2) is 4.98 Å². The zero-order valence-electron chi connectivity index (χ0n) is 13.2. The molecule has 0 radical (unpaired) electrons. The molecule has 2 aromatic heterocycles. The average molecular weight is 326 g/mol. The Morgan fingerprint density at radius 2 is 1.83 bits per heavy atom. The van der Waals surface area contributed by atoms with E-state index in [-0.39, 0.29) is 0 Å². The summed E-state index contributed by atoms with van der Waals surface area (Å²) in [5.41, 5.74) is 4.29. The molecule has 4 heteroatoms. The van der Waals surface area contributed by atoms with E-state index in [2.05, 4.69) is 35.0 Å². The molecule has 3 nitrogen and oxygen atoms in total. The second-order valence-electron chi connectivity index (χ2n) is 6.38. The Labute approximate surface area is 141 Å². The summed E-state index contributed by atoms with van der Waals surface area (Å²) in [4.78, 5) is 4.85. The number of hydrogen-bond acceptors (Lipinski definition) is 2. The van der Waals surface area contributed by atoms with Crippen LogP contribution in [-0.2, 0) is 0 Å². The Morgan fingerprint density at radius 3 is 2.57 bits per heavy atom. The van der Waals surface area contributed by atoms with Crippen molar-refractivity contribution in [3.63, 3.8) is 0 Å². The smallest absolute Gasteiger partial charge is 0.139 e. The van der Waals surface area contributed by atoms with Crippen molar-refractivity contribution in [2.75, 3.05) is 5.32 Å². The molecular formula is C19H20ClN3. The fourth-order valence-electron chi connectivity index (χ4n) is 3.36. The highest BCUT2D eigenvalue weighted by Gasteiger charge is 2.20. The predicted octanol–water partition coefficient (Wildman–Crippen LogP) is 5.32. The van der Waals surface area contributed by atoms with E-state index >= 15 is 0 Å². The molecule has 1 aliphatic carbocycles. The number of fused-ring (bicyclic) bond motifs is 1. The average Bonchev–Trinajstić information content (AvgIpc) is 3.17. The standard InChI is InChI=1S/C19H20ClN3/c1-13-6-11-17-22-18(14-7-9-15(20)10-8-14)19(23(17)12-13)21-16-4-2-3-5-16/h6-12,16,21H,2-5H2,1H3. The molecule has 0 spiro atoms. The first kappa shape index (κ1) is 14.6. The topological polar surface area (TPSA) is 29.3 Å². The number of anilines is 1. The van der Waals surface area contributed by atoms with Crippen LogP contribution in [0.1, 0.15) is 31.2 Å². The molecule has 0 amide bonds. The molecule has 1 N–H and O–H groups in total. The van der Waals surface area contributed by atoms with Gasteiger partial charge in [0, 0.05) is 22.8 Å². The van der Waals surface area contributed by atoms with E-state index in [4.69, 9.17) is 16.6 Å². The molecule has 0 aliphatic heterocycles. The zero-order valence-corrected chi connectivity index (χ0v) is 14.0. The van der Waals surface area contributed by atoms with E-state index in [1.165, 1.54) is 31.2 Å². The maximum atomic E-state index is 6.03. The van der Waals surface area contributed by atoms with Crippen molar-refractivity contribution in [3.8, 4) is 11.3 Å². The fraction of sp³-hybridized carbons (Fsp3) is 0.316. The van der Waals surface area contributed by atoms with Crippen LogP contribution in [0.15, 0.2) is 42.6 Å². The van der Waals surface area contributed by atoms with Crippen LogP contribution in [0.2, 0.25) is 5.02 Å². The van der Waals surface area contributed by atoms with Gasteiger partial charge in [0.2, 0.25) is 0 Å². The number of aryl methyl sites for hydroxylation is 1. The van der Waals surface area contributed by atoms with Crippen LogP contribution in [0, 0.1) is 6.92 Å². The summed E-state index contributed by atoms with van der Waals surface area (Å²) in [6.07, 6.45) is 7.24. The molecule has 0 saturated heterocycles. The molecule has 2 heterocycles. The Kier molecular flexibility index (Phi) is 3.74. The highest BCUT2D eigenvalue weighted by atomic mass is 35.5. The molecule has 23 heavy (non-hydrogen) atoms. The van der Waals surface area contributed by atoms with Crippen molar-refractivity contribution in [2.24, 2.45) is 0 Å². The lowest BCUT2D eigenvalue weighted by molar-refractivity contribution is 0.749. The summed E-state index contributed by atoms with van der Waals surface area (Å²) >= 11 is 6.03. The third-order valence-electron chi connectivity index (χ3n) is 4.58. The van der Waals surface area contributed by atoms with Crippen LogP contribution in [-0.4, -0.2) is 15.4 Å². The van der Waals surface area contributed by atoms with Gasteiger partial charge in [0.25, 0.3) is 0 Å². The largest absolute Gasteiger partial charge is 0.367 e. The summed E-state index contributed by atoms with van der Waals surface area (Å²) < 4.78 is 2.18. The highest BCUT2D eigenvalue weighted by molar-refractivity contribution is 6.30. The van der Waals surface area contributed by atoms with Crippen LogP contribution in [0.3, 0.4) is 0 Å². The van der Waals surface area contributed by atoms with E-state index in [0.29, 0.717) is 6.04 Å². The van der Waals surface area contributed by atoms with Gasteiger partial charge < -0.3 is 5.32 Å². The number of nitrogens with one attached hydrogen (secondary N) is 1. The second-order valence-corrected chi connectivity index (χ2v) is 6.81. The van der Waals surface area contributed by atoms with Crippen molar-refractivity contribution < 1.29 is 0 Å². The van der Waals surface area contributed by atoms with Gasteiger partial charge in [0.05, 0.1) is 0 Å². The Bertz CT molecular complexity index is 830. The third-order valence-corrected chi connectivity index (χ3v) is 4.83. The van der Waals surface area contributed by atoms with Crippen molar-refractivity contribution in [1.29, 1.82) is 0 Å². The lowest BCUT2D eigenvalue weighted by atomic mass is 10.1.